The summed E-state index contributed by atoms with van der Waals surface area (Å²) in [7, 11) is 4.26. The summed E-state index contributed by atoms with van der Waals surface area (Å²) in [5.74, 6) is 0.635. The minimum absolute atomic E-state index is 0.635. The second-order valence-corrected chi connectivity index (χ2v) is 9.18. The Balaban J connectivity index is 1.34. The average Bonchev–Trinajstić information content (AvgIpc) is 3.21. The molecule has 1 saturated heterocycles. The third-order valence-corrected chi connectivity index (χ3v) is 7.06. The lowest BCUT2D eigenvalue weighted by atomic mass is 10.2. The molecule has 1 aromatic carbocycles. The molecule has 1 fully saturated rings. The summed E-state index contributed by atoms with van der Waals surface area (Å²) < 4.78 is 2.17. The zero-order valence-electron chi connectivity index (χ0n) is 15.9. The maximum absolute atomic E-state index is 4.80. The first-order chi connectivity index (χ1) is 13.7. The van der Waals surface area contributed by atoms with Gasteiger partial charge in [0.1, 0.15) is 5.69 Å². The summed E-state index contributed by atoms with van der Waals surface area (Å²) in [6, 6.07) is 10.7. The second-order valence-electron chi connectivity index (χ2n) is 7.09. The molecule has 0 radical (unpaired) electrons. The zero-order chi connectivity index (χ0) is 19.1. The molecule has 3 aromatic rings. The van der Waals surface area contributed by atoms with E-state index >= 15 is 0 Å². The van der Waals surface area contributed by atoms with Crippen molar-refractivity contribution in [2.24, 2.45) is 0 Å². The molecule has 144 valence electrons. The monoisotopic (exact) mass is 410 g/mol. The molecule has 2 aromatic heterocycles. The van der Waals surface area contributed by atoms with Gasteiger partial charge in [0.2, 0.25) is 5.95 Å². The van der Waals surface area contributed by atoms with Crippen LogP contribution < -0.4 is 14.5 Å². The van der Waals surface area contributed by atoms with Crippen molar-refractivity contribution in [2.45, 2.75) is 4.90 Å². The Labute approximate surface area is 173 Å². The normalized spacial score (nSPS) is 16.6. The van der Waals surface area contributed by atoms with Gasteiger partial charge in [0, 0.05) is 50.8 Å². The fraction of sp³-hybridized carbons (Fsp3) is 0.300. The first-order valence-electron chi connectivity index (χ1n) is 9.34. The molecule has 1 N–H and O–H groups in total. The maximum Gasteiger partial charge on any atom is 0.227 e. The van der Waals surface area contributed by atoms with Gasteiger partial charge in [-0.1, -0.05) is 0 Å². The van der Waals surface area contributed by atoms with Gasteiger partial charge in [-0.05, 0) is 54.7 Å². The van der Waals surface area contributed by atoms with Crippen LogP contribution in [0.25, 0.3) is 10.6 Å². The second kappa shape index (κ2) is 7.27. The number of aromatic nitrogens is 2. The molecule has 6 nitrogen and oxygen atoms in total. The van der Waals surface area contributed by atoms with Crippen molar-refractivity contribution < 1.29 is 0 Å². The predicted molar refractivity (Wildman–Crippen MR) is 119 cm³/mol. The van der Waals surface area contributed by atoms with Crippen LogP contribution in [0.15, 0.2) is 46.8 Å². The van der Waals surface area contributed by atoms with Crippen molar-refractivity contribution in [3.05, 3.63) is 41.9 Å². The van der Waals surface area contributed by atoms with Crippen LogP contribution in [0.4, 0.5) is 23.0 Å². The number of benzene rings is 1. The van der Waals surface area contributed by atoms with E-state index in [1.165, 1.54) is 16.3 Å². The number of nitrogens with one attached hydrogen (secondary N) is 1. The standard InChI is InChI=1S/C20H22N6S2/c1-24-8-10-26(11-9-24)15-5-3-14(4-6-15)22-20-21-13-17-18(23-20)19-16(7-12-27-19)25(2)28-17/h3-7,12-13H,8-11H2,1-2H3,(H,21,22,23). The van der Waals surface area contributed by atoms with Gasteiger partial charge in [0.05, 0.1) is 15.5 Å². The molecule has 28 heavy (non-hydrogen) atoms. The SMILES string of the molecule is CN1CCN(c2ccc(Nc3ncc4c(n3)-c3sccc3N(C)S4)cc2)CC1. The Kier molecular flexibility index (Phi) is 4.62. The number of fused-ring (bicyclic) bond motifs is 3. The van der Waals surface area contributed by atoms with Crippen LogP contribution >= 0.6 is 23.3 Å². The number of rotatable bonds is 3. The Morgan fingerprint density at radius 2 is 1.79 bits per heavy atom. The summed E-state index contributed by atoms with van der Waals surface area (Å²) in [5.41, 5.74) is 4.50. The summed E-state index contributed by atoms with van der Waals surface area (Å²) in [6.45, 7) is 4.38. The first kappa shape index (κ1) is 17.8. The number of piperazine rings is 1. The van der Waals surface area contributed by atoms with E-state index in [1.54, 1.807) is 23.3 Å². The van der Waals surface area contributed by atoms with Crippen molar-refractivity contribution in [3.63, 3.8) is 0 Å². The summed E-state index contributed by atoms with van der Waals surface area (Å²) in [6.07, 6.45) is 1.91. The minimum atomic E-state index is 0.635. The van der Waals surface area contributed by atoms with E-state index in [0.29, 0.717) is 5.95 Å². The van der Waals surface area contributed by atoms with Crippen molar-refractivity contribution in [2.75, 3.05) is 54.8 Å². The molecule has 0 bridgehead atoms. The van der Waals surface area contributed by atoms with E-state index in [1.807, 2.05) is 6.20 Å². The van der Waals surface area contributed by atoms with E-state index in [2.05, 4.69) is 74.2 Å². The Hall–Kier alpha value is -2.29. The van der Waals surface area contributed by atoms with E-state index in [-0.39, 0.29) is 0 Å². The van der Waals surface area contributed by atoms with Crippen LogP contribution in [0.1, 0.15) is 0 Å². The lowest BCUT2D eigenvalue weighted by molar-refractivity contribution is 0.313. The fourth-order valence-electron chi connectivity index (χ4n) is 3.53. The molecule has 0 amide bonds. The average molecular weight is 411 g/mol. The summed E-state index contributed by atoms with van der Waals surface area (Å²) in [4.78, 5) is 16.4. The molecule has 4 heterocycles. The summed E-state index contributed by atoms with van der Waals surface area (Å²) >= 11 is 3.39. The molecular formula is C20H22N6S2. The van der Waals surface area contributed by atoms with E-state index < -0.39 is 0 Å². The maximum atomic E-state index is 4.80. The van der Waals surface area contributed by atoms with E-state index in [0.717, 1.165) is 42.5 Å². The van der Waals surface area contributed by atoms with Crippen LogP contribution in [-0.2, 0) is 0 Å². The number of nitrogens with zero attached hydrogens (tertiary/aromatic N) is 5. The number of anilines is 4. The molecule has 0 aliphatic carbocycles. The molecular weight excluding hydrogens is 388 g/mol. The van der Waals surface area contributed by atoms with Gasteiger partial charge >= 0.3 is 0 Å². The molecule has 0 spiro atoms. The Morgan fingerprint density at radius 1 is 1.00 bits per heavy atom. The third-order valence-electron chi connectivity index (χ3n) is 5.18. The van der Waals surface area contributed by atoms with Crippen LogP contribution in [0.3, 0.4) is 0 Å². The van der Waals surface area contributed by atoms with Crippen molar-refractivity contribution >= 4 is 46.3 Å². The van der Waals surface area contributed by atoms with Gasteiger partial charge < -0.3 is 19.4 Å². The molecule has 5 rings (SSSR count). The van der Waals surface area contributed by atoms with E-state index in [9.17, 15) is 0 Å². The minimum Gasteiger partial charge on any atom is -0.369 e. The molecule has 2 aliphatic rings. The van der Waals surface area contributed by atoms with Crippen molar-refractivity contribution in [1.29, 1.82) is 0 Å². The van der Waals surface area contributed by atoms with Gasteiger partial charge in [-0.25, -0.2) is 9.97 Å². The highest BCUT2D eigenvalue weighted by molar-refractivity contribution is 8.00. The lowest BCUT2D eigenvalue weighted by Gasteiger charge is -2.34. The highest BCUT2D eigenvalue weighted by Crippen LogP contribution is 2.47. The molecule has 0 unspecified atom stereocenters. The number of thiophene rings is 1. The van der Waals surface area contributed by atoms with Crippen LogP contribution in [-0.4, -0.2) is 55.1 Å². The van der Waals surface area contributed by atoms with Crippen LogP contribution in [0, 0.1) is 0 Å². The van der Waals surface area contributed by atoms with Gasteiger partial charge in [-0.3, -0.25) is 0 Å². The zero-order valence-corrected chi connectivity index (χ0v) is 17.6. The van der Waals surface area contributed by atoms with Gasteiger partial charge in [-0.15, -0.1) is 11.3 Å². The topological polar surface area (TPSA) is 47.5 Å². The number of likely N-dealkylation sites (N-methyl/N-ethyl adjacent to an activating group) is 1. The highest BCUT2D eigenvalue weighted by Gasteiger charge is 2.24. The first-order valence-corrected chi connectivity index (χ1v) is 11.0. The van der Waals surface area contributed by atoms with Crippen molar-refractivity contribution in [1.82, 2.24) is 14.9 Å². The summed E-state index contributed by atoms with van der Waals surface area (Å²) in [5, 5.41) is 5.47. The van der Waals surface area contributed by atoms with Crippen LogP contribution in [0.2, 0.25) is 0 Å². The van der Waals surface area contributed by atoms with Gasteiger partial charge in [-0.2, -0.15) is 0 Å². The van der Waals surface area contributed by atoms with Crippen LogP contribution in [0.5, 0.6) is 0 Å². The van der Waals surface area contributed by atoms with Crippen molar-refractivity contribution in [3.8, 4) is 10.6 Å². The predicted octanol–water partition coefficient (Wildman–Crippen LogP) is 4.16. The smallest absolute Gasteiger partial charge is 0.227 e. The quantitative estimate of drug-likeness (QED) is 0.651. The molecule has 8 heteroatoms. The Morgan fingerprint density at radius 3 is 2.57 bits per heavy atom. The fourth-order valence-corrected chi connectivity index (χ4v) is 5.46. The third kappa shape index (κ3) is 3.32. The molecule has 0 atom stereocenters. The van der Waals surface area contributed by atoms with E-state index in [4.69, 9.17) is 4.98 Å². The van der Waals surface area contributed by atoms with Gasteiger partial charge in [0.15, 0.2) is 0 Å². The van der Waals surface area contributed by atoms with Gasteiger partial charge in [0.25, 0.3) is 0 Å². The molecule has 2 aliphatic heterocycles. The number of hydrogen-bond acceptors (Lipinski definition) is 8. The number of hydrogen-bond donors (Lipinski definition) is 1. The highest BCUT2D eigenvalue weighted by atomic mass is 32.2. The Bertz CT molecular complexity index is 979. The molecule has 0 saturated carbocycles. The lowest BCUT2D eigenvalue weighted by Crippen LogP contribution is -2.44. The largest absolute Gasteiger partial charge is 0.369 e.